The Bertz CT molecular complexity index is 64.1. The molecule has 0 unspecified atom stereocenters. The summed E-state index contributed by atoms with van der Waals surface area (Å²) in [4.78, 5) is 0. The predicted octanol–water partition coefficient (Wildman–Crippen LogP) is 1.83. The van der Waals surface area contributed by atoms with Crippen molar-refractivity contribution in [3.63, 3.8) is 0 Å². The first-order chi connectivity index (χ1) is 2.50. The molecule has 0 fully saturated rings. The van der Waals surface area contributed by atoms with Crippen LogP contribution < -0.4 is 12.3 Å². The topological polar surface area (TPSA) is 70.0 Å². The highest BCUT2D eigenvalue weighted by Crippen LogP contribution is 1.93. The Morgan fingerprint density at radius 1 is 0.857 bits per heavy atom. The van der Waals surface area contributed by atoms with Crippen LogP contribution in [-0.2, 0) is 0 Å². The first-order valence-electron chi connectivity index (χ1n) is 1.82. The molecule has 0 saturated carbocycles. The van der Waals surface area contributed by atoms with Crippen LogP contribution >= 0.6 is 0 Å². The molecular formula is C5H12N2. The predicted molar refractivity (Wildman–Crippen MR) is 32.9 cm³/mol. The van der Waals surface area contributed by atoms with Crippen molar-refractivity contribution in [2.45, 2.75) is 6.42 Å². The molecular weight excluding hydrogens is 88.1 g/mol. The molecule has 0 atom stereocenters. The van der Waals surface area contributed by atoms with Gasteiger partial charge in [0.1, 0.15) is 0 Å². The summed E-state index contributed by atoms with van der Waals surface area (Å²) in [6, 6.07) is 0. The van der Waals surface area contributed by atoms with E-state index in [-0.39, 0.29) is 12.3 Å². The van der Waals surface area contributed by atoms with Gasteiger partial charge in [-0.2, -0.15) is 0 Å². The van der Waals surface area contributed by atoms with Crippen molar-refractivity contribution in [3.05, 3.63) is 24.3 Å². The molecule has 1 rings (SSSR count). The van der Waals surface area contributed by atoms with E-state index in [0.29, 0.717) is 0 Å². The highest BCUT2D eigenvalue weighted by molar-refractivity contribution is 5.11. The zero-order valence-electron chi connectivity index (χ0n) is 4.43. The van der Waals surface area contributed by atoms with Gasteiger partial charge in [0.05, 0.1) is 0 Å². The normalized spacial score (nSPS) is 12.6. The number of allylic oxidation sites excluding steroid dienone is 4. The van der Waals surface area contributed by atoms with Gasteiger partial charge < -0.3 is 12.3 Å². The van der Waals surface area contributed by atoms with Gasteiger partial charge in [0.15, 0.2) is 0 Å². The van der Waals surface area contributed by atoms with E-state index in [0.717, 1.165) is 6.42 Å². The van der Waals surface area contributed by atoms with Gasteiger partial charge in [0.25, 0.3) is 0 Å². The Hall–Kier alpha value is -0.600. The van der Waals surface area contributed by atoms with Gasteiger partial charge in [-0.25, -0.2) is 0 Å². The zero-order chi connectivity index (χ0) is 3.54. The second-order valence-electron chi connectivity index (χ2n) is 1.09. The SMILES string of the molecule is C1=CCC=C1.N.N. The maximum Gasteiger partial charge on any atom is -0.0163 e. The Morgan fingerprint density at radius 3 is 1.43 bits per heavy atom. The van der Waals surface area contributed by atoms with Crippen molar-refractivity contribution in [2.24, 2.45) is 0 Å². The smallest absolute Gasteiger partial charge is 0.0163 e. The highest BCUT2D eigenvalue weighted by atomic mass is 14.0. The Morgan fingerprint density at radius 2 is 1.29 bits per heavy atom. The fourth-order valence-corrected chi connectivity index (χ4v) is 0.393. The van der Waals surface area contributed by atoms with Crippen LogP contribution in [0.15, 0.2) is 24.3 Å². The van der Waals surface area contributed by atoms with Gasteiger partial charge in [-0.05, 0) is 6.42 Å². The van der Waals surface area contributed by atoms with Crippen molar-refractivity contribution >= 4 is 0 Å². The molecule has 7 heavy (non-hydrogen) atoms. The van der Waals surface area contributed by atoms with Gasteiger partial charge in [-0.1, -0.05) is 24.3 Å². The maximum absolute atomic E-state index is 2.12. The first kappa shape index (κ1) is 9.64. The minimum Gasteiger partial charge on any atom is -0.344 e. The first-order valence-corrected chi connectivity index (χ1v) is 1.82. The molecule has 0 aromatic carbocycles. The van der Waals surface area contributed by atoms with E-state index >= 15 is 0 Å². The van der Waals surface area contributed by atoms with Crippen molar-refractivity contribution in [3.8, 4) is 0 Å². The number of hydrogen-bond donors (Lipinski definition) is 2. The van der Waals surface area contributed by atoms with E-state index in [9.17, 15) is 0 Å². The van der Waals surface area contributed by atoms with Crippen LogP contribution in [0.3, 0.4) is 0 Å². The van der Waals surface area contributed by atoms with Crippen molar-refractivity contribution < 1.29 is 0 Å². The van der Waals surface area contributed by atoms with E-state index < -0.39 is 0 Å². The van der Waals surface area contributed by atoms with Gasteiger partial charge in [-0.3, -0.25) is 0 Å². The molecule has 2 nitrogen and oxygen atoms in total. The molecule has 42 valence electrons. The molecule has 0 spiro atoms. The maximum atomic E-state index is 2.12. The van der Waals surface area contributed by atoms with Crippen LogP contribution in [0.4, 0.5) is 0 Å². The lowest BCUT2D eigenvalue weighted by Crippen LogP contribution is -1.37. The lowest BCUT2D eigenvalue weighted by Gasteiger charge is -1.57. The largest absolute Gasteiger partial charge is 0.344 e. The van der Waals surface area contributed by atoms with E-state index in [1.54, 1.807) is 0 Å². The highest BCUT2D eigenvalue weighted by Gasteiger charge is 1.72. The molecule has 0 saturated heterocycles. The summed E-state index contributed by atoms with van der Waals surface area (Å²) in [5, 5.41) is 0. The third kappa shape index (κ3) is 3.22. The van der Waals surface area contributed by atoms with E-state index in [1.807, 2.05) is 0 Å². The summed E-state index contributed by atoms with van der Waals surface area (Å²) in [5.41, 5.74) is 0. The fraction of sp³-hybridized carbons (Fsp3) is 0.200. The lowest BCUT2D eigenvalue weighted by atomic mass is 10.5. The Balaban J connectivity index is 0. The molecule has 2 heteroatoms. The Kier molecular flexibility index (Phi) is 7.44. The van der Waals surface area contributed by atoms with Crippen molar-refractivity contribution in [1.82, 2.24) is 12.3 Å². The molecule has 0 bridgehead atoms. The van der Waals surface area contributed by atoms with Crippen LogP contribution in [0.2, 0.25) is 0 Å². The molecule has 0 aliphatic heterocycles. The van der Waals surface area contributed by atoms with Crippen LogP contribution in [-0.4, -0.2) is 0 Å². The van der Waals surface area contributed by atoms with E-state index in [2.05, 4.69) is 24.3 Å². The van der Waals surface area contributed by atoms with Gasteiger partial charge in [0, 0.05) is 0 Å². The minimum absolute atomic E-state index is 0. The monoisotopic (exact) mass is 100 g/mol. The zero-order valence-corrected chi connectivity index (χ0v) is 4.43. The fourth-order valence-electron chi connectivity index (χ4n) is 0.393. The summed E-state index contributed by atoms with van der Waals surface area (Å²) < 4.78 is 0. The van der Waals surface area contributed by atoms with E-state index in [1.165, 1.54) is 0 Å². The quantitative estimate of drug-likeness (QED) is 0.487. The van der Waals surface area contributed by atoms with Crippen LogP contribution in [0, 0.1) is 0 Å². The summed E-state index contributed by atoms with van der Waals surface area (Å²) in [5.74, 6) is 0. The number of rotatable bonds is 0. The standard InChI is InChI=1S/C5H6.2H3N/c1-2-4-5-3-1;;/h1-4H,5H2;2*1H3. The average molecular weight is 100 g/mol. The van der Waals surface area contributed by atoms with Gasteiger partial charge in [-0.15, -0.1) is 0 Å². The number of hydrogen-bond acceptors (Lipinski definition) is 2. The average Bonchev–Trinajstić information content (AvgIpc) is 1.76. The lowest BCUT2D eigenvalue weighted by molar-refractivity contribution is 1.45. The Labute approximate surface area is 44.1 Å². The molecule has 0 aromatic heterocycles. The summed E-state index contributed by atoms with van der Waals surface area (Å²) >= 11 is 0. The molecule has 6 N–H and O–H groups in total. The summed E-state index contributed by atoms with van der Waals surface area (Å²) in [7, 11) is 0. The third-order valence-electron chi connectivity index (χ3n) is 0.655. The molecule has 0 heterocycles. The van der Waals surface area contributed by atoms with Crippen LogP contribution in [0.5, 0.6) is 0 Å². The van der Waals surface area contributed by atoms with Gasteiger partial charge in [0.2, 0.25) is 0 Å². The minimum atomic E-state index is 0. The molecule has 0 amide bonds. The van der Waals surface area contributed by atoms with Crippen LogP contribution in [0.1, 0.15) is 6.42 Å². The molecule has 0 radical (unpaired) electrons. The summed E-state index contributed by atoms with van der Waals surface area (Å²) in [6.07, 6.45) is 9.50. The van der Waals surface area contributed by atoms with Gasteiger partial charge >= 0.3 is 0 Å². The van der Waals surface area contributed by atoms with Crippen LogP contribution in [0.25, 0.3) is 0 Å². The third-order valence-corrected chi connectivity index (χ3v) is 0.655. The van der Waals surface area contributed by atoms with Crippen molar-refractivity contribution in [1.29, 1.82) is 0 Å². The second kappa shape index (κ2) is 5.40. The van der Waals surface area contributed by atoms with Crippen molar-refractivity contribution in [2.75, 3.05) is 0 Å². The van der Waals surface area contributed by atoms with E-state index in [4.69, 9.17) is 0 Å². The second-order valence-corrected chi connectivity index (χ2v) is 1.09. The molecule has 1 aliphatic rings. The molecule has 1 aliphatic carbocycles. The summed E-state index contributed by atoms with van der Waals surface area (Å²) in [6.45, 7) is 0. The molecule has 0 aromatic rings.